The van der Waals surface area contributed by atoms with E-state index in [9.17, 15) is 0 Å². The first-order valence-corrected chi connectivity index (χ1v) is 4.85. The first-order chi connectivity index (χ1) is 5.88. The number of hydrogen-bond acceptors (Lipinski definition) is 0. The molecule has 0 radical (unpaired) electrons. The quantitative estimate of drug-likeness (QED) is 0.546. The highest BCUT2D eigenvalue weighted by Crippen LogP contribution is 1.96. The van der Waals surface area contributed by atoms with Gasteiger partial charge in [0, 0.05) is 25.0 Å². The Morgan fingerprint density at radius 2 is 1.92 bits per heavy atom. The molecule has 0 aliphatic heterocycles. The van der Waals surface area contributed by atoms with Gasteiger partial charge in [-0.25, -0.2) is 4.57 Å². The summed E-state index contributed by atoms with van der Waals surface area (Å²) in [7, 11) is 0. The van der Waals surface area contributed by atoms with Crippen LogP contribution >= 0.6 is 0 Å². The van der Waals surface area contributed by atoms with E-state index >= 15 is 0 Å². The average Bonchev–Trinajstić information content (AvgIpc) is 2.09. The molecule has 0 saturated heterocycles. The standard InChI is InChI=1S/C11H18N.FH/c1-3-7-11-8-5-6-10-12(11)9-4-2;/h5-6,8,10H,3-4,7,9H2,1-2H3;1H/q+1;/p-1. The Hall–Kier alpha value is -0.920. The van der Waals surface area contributed by atoms with E-state index in [1.807, 2.05) is 0 Å². The lowest BCUT2D eigenvalue weighted by atomic mass is 10.2. The van der Waals surface area contributed by atoms with Gasteiger partial charge >= 0.3 is 0 Å². The molecular weight excluding hydrogens is 165 g/mol. The Morgan fingerprint density at radius 1 is 1.15 bits per heavy atom. The van der Waals surface area contributed by atoms with Crippen LogP contribution in [0.1, 0.15) is 32.4 Å². The van der Waals surface area contributed by atoms with Crippen LogP contribution in [0.25, 0.3) is 0 Å². The van der Waals surface area contributed by atoms with Crippen LogP contribution in [0.3, 0.4) is 0 Å². The molecule has 0 aliphatic rings. The van der Waals surface area contributed by atoms with E-state index in [0.717, 1.165) is 6.54 Å². The molecule has 2 heteroatoms. The van der Waals surface area contributed by atoms with Crippen molar-refractivity contribution in [2.75, 3.05) is 0 Å². The Balaban J connectivity index is 0.00000144. The summed E-state index contributed by atoms with van der Waals surface area (Å²) in [6.07, 6.45) is 5.81. The molecule has 1 aromatic heterocycles. The fourth-order valence-electron chi connectivity index (χ4n) is 1.45. The molecule has 1 rings (SSSR count). The van der Waals surface area contributed by atoms with Gasteiger partial charge in [0.25, 0.3) is 0 Å². The van der Waals surface area contributed by atoms with Crippen molar-refractivity contribution in [3.05, 3.63) is 30.1 Å². The monoisotopic (exact) mass is 183 g/mol. The first kappa shape index (κ1) is 12.1. The lowest BCUT2D eigenvalue weighted by molar-refractivity contribution is -0.704. The predicted molar refractivity (Wildman–Crippen MR) is 50.9 cm³/mol. The molecular formula is C11H18FN. The molecule has 0 aromatic carbocycles. The third-order valence-corrected chi connectivity index (χ3v) is 2.01. The Labute approximate surface area is 79.8 Å². The van der Waals surface area contributed by atoms with Gasteiger partial charge in [-0.1, -0.05) is 19.9 Å². The van der Waals surface area contributed by atoms with E-state index in [1.165, 1.54) is 25.0 Å². The first-order valence-electron chi connectivity index (χ1n) is 4.85. The second-order valence-electron chi connectivity index (χ2n) is 3.14. The maximum atomic E-state index is 2.35. The van der Waals surface area contributed by atoms with E-state index < -0.39 is 0 Å². The lowest BCUT2D eigenvalue weighted by Gasteiger charge is -2.00. The lowest BCUT2D eigenvalue weighted by Crippen LogP contribution is -3.00. The molecule has 0 unspecified atom stereocenters. The van der Waals surface area contributed by atoms with E-state index in [4.69, 9.17) is 0 Å². The normalized spacial score (nSPS) is 9.38. The molecule has 0 bridgehead atoms. The van der Waals surface area contributed by atoms with Gasteiger partial charge < -0.3 is 4.70 Å². The van der Waals surface area contributed by atoms with E-state index in [2.05, 4.69) is 42.8 Å². The Kier molecular flexibility index (Phi) is 6.11. The highest BCUT2D eigenvalue weighted by Gasteiger charge is 2.05. The minimum Gasteiger partial charge on any atom is -1.00 e. The molecule has 13 heavy (non-hydrogen) atoms. The zero-order valence-electron chi connectivity index (χ0n) is 8.46. The number of nitrogens with zero attached hydrogens (tertiary/aromatic N) is 1. The van der Waals surface area contributed by atoms with Crippen LogP contribution in [0, 0.1) is 0 Å². The zero-order valence-corrected chi connectivity index (χ0v) is 8.46. The molecule has 0 N–H and O–H groups in total. The van der Waals surface area contributed by atoms with Gasteiger partial charge in [0.15, 0.2) is 11.9 Å². The largest absolute Gasteiger partial charge is 1.00 e. The van der Waals surface area contributed by atoms with Crippen LogP contribution in [0.15, 0.2) is 24.4 Å². The smallest absolute Gasteiger partial charge is 0.181 e. The second kappa shape index (κ2) is 6.58. The van der Waals surface area contributed by atoms with Gasteiger partial charge in [0.05, 0.1) is 0 Å². The molecule has 1 heterocycles. The van der Waals surface area contributed by atoms with Crippen molar-refractivity contribution in [2.45, 2.75) is 39.7 Å². The summed E-state index contributed by atoms with van der Waals surface area (Å²) >= 11 is 0. The predicted octanol–water partition coefficient (Wildman–Crippen LogP) is -0.659. The molecule has 1 nitrogen and oxygen atoms in total. The van der Waals surface area contributed by atoms with Crippen LogP contribution in [-0.4, -0.2) is 0 Å². The number of aromatic nitrogens is 1. The molecule has 0 amide bonds. The van der Waals surface area contributed by atoms with Crippen LogP contribution in [-0.2, 0) is 13.0 Å². The minimum atomic E-state index is 0. The number of hydrogen-bond donors (Lipinski definition) is 0. The number of pyridine rings is 1. The fourth-order valence-corrected chi connectivity index (χ4v) is 1.45. The number of rotatable bonds is 4. The van der Waals surface area contributed by atoms with E-state index in [-0.39, 0.29) is 4.70 Å². The minimum absolute atomic E-state index is 0. The van der Waals surface area contributed by atoms with Gasteiger partial charge in [-0.05, 0) is 6.42 Å². The summed E-state index contributed by atoms with van der Waals surface area (Å²) in [5, 5.41) is 0. The van der Waals surface area contributed by atoms with Crippen LogP contribution < -0.4 is 9.27 Å². The van der Waals surface area contributed by atoms with E-state index in [0.29, 0.717) is 0 Å². The van der Waals surface area contributed by atoms with Gasteiger partial charge in [0.1, 0.15) is 6.54 Å². The molecule has 74 valence electrons. The molecule has 0 aliphatic carbocycles. The topological polar surface area (TPSA) is 3.88 Å². The average molecular weight is 183 g/mol. The van der Waals surface area contributed by atoms with Crippen LogP contribution in [0.2, 0.25) is 0 Å². The summed E-state index contributed by atoms with van der Waals surface area (Å²) in [6.45, 7) is 5.59. The highest BCUT2D eigenvalue weighted by atomic mass is 19.0. The molecule has 0 spiro atoms. The van der Waals surface area contributed by atoms with Crippen molar-refractivity contribution < 1.29 is 9.27 Å². The van der Waals surface area contributed by atoms with E-state index in [1.54, 1.807) is 0 Å². The van der Waals surface area contributed by atoms with Gasteiger partial charge in [-0.15, -0.1) is 0 Å². The molecule has 1 aromatic rings. The Morgan fingerprint density at radius 3 is 2.54 bits per heavy atom. The van der Waals surface area contributed by atoms with Gasteiger partial charge in [-0.3, -0.25) is 0 Å². The number of halogens is 1. The second-order valence-corrected chi connectivity index (χ2v) is 3.14. The van der Waals surface area contributed by atoms with Crippen LogP contribution in [0.5, 0.6) is 0 Å². The van der Waals surface area contributed by atoms with Crippen molar-refractivity contribution in [1.82, 2.24) is 0 Å². The zero-order chi connectivity index (χ0) is 8.81. The van der Waals surface area contributed by atoms with Crippen molar-refractivity contribution in [3.63, 3.8) is 0 Å². The maximum absolute atomic E-state index is 2.35. The van der Waals surface area contributed by atoms with Crippen molar-refractivity contribution >= 4 is 0 Å². The summed E-state index contributed by atoms with van der Waals surface area (Å²) in [4.78, 5) is 0. The van der Waals surface area contributed by atoms with Crippen molar-refractivity contribution in [3.8, 4) is 0 Å². The summed E-state index contributed by atoms with van der Waals surface area (Å²) in [6, 6.07) is 6.45. The maximum Gasteiger partial charge on any atom is 0.181 e. The third-order valence-electron chi connectivity index (χ3n) is 2.01. The van der Waals surface area contributed by atoms with Gasteiger partial charge in [-0.2, -0.15) is 0 Å². The Bertz CT molecular complexity index is 210. The summed E-state index contributed by atoms with van der Waals surface area (Å²) in [5.41, 5.74) is 1.46. The molecule has 0 atom stereocenters. The number of aryl methyl sites for hydroxylation is 2. The SMILES string of the molecule is CCCc1cccc[n+]1CCC.[F-]. The fraction of sp³-hybridized carbons (Fsp3) is 0.545. The van der Waals surface area contributed by atoms with Crippen LogP contribution in [0.4, 0.5) is 0 Å². The third kappa shape index (κ3) is 3.53. The van der Waals surface area contributed by atoms with Crippen molar-refractivity contribution in [2.24, 2.45) is 0 Å². The van der Waals surface area contributed by atoms with Crippen molar-refractivity contribution in [1.29, 1.82) is 0 Å². The summed E-state index contributed by atoms with van der Waals surface area (Å²) < 4.78 is 2.35. The molecule has 0 saturated carbocycles. The molecule has 0 fully saturated rings. The van der Waals surface area contributed by atoms with Gasteiger partial charge in [0.2, 0.25) is 0 Å². The highest BCUT2D eigenvalue weighted by molar-refractivity contribution is 4.96. The summed E-state index contributed by atoms with van der Waals surface area (Å²) in [5.74, 6) is 0.